The van der Waals surface area contributed by atoms with Crippen molar-refractivity contribution in [3.8, 4) is 5.75 Å². The van der Waals surface area contributed by atoms with Gasteiger partial charge in [-0.2, -0.15) is 0 Å². The van der Waals surface area contributed by atoms with Gasteiger partial charge in [0.05, 0.1) is 12.2 Å². The van der Waals surface area contributed by atoms with Gasteiger partial charge in [-0.25, -0.2) is 0 Å². The number of halogens is 1. The van der Waals surface area contributed by atoms with Gasteiger partial charge in [0.1, 0.15) is 5.75 Å². The van der Waals surface area contributed by atoms with Crippen molar-refractivity contribution in [3.05, 3.63) is 28.8 Å². The zero-order chi connectivity index (χ0) is 13.1. The Morgan fingerprint density at radius 2 is 2.17 bits per heavy atom. The number of aliphatic hydroxyl groups is 1. The molecule has 18 heavy (non-hydrogen) atoms. The van der Waals surface area contributed by atoms with Crippen LogP contribution in [0, 0.1) is 5.92 Å². The highest BCUT2D eigenvalue weighted by Crippen LogP contribution is 2.32. The minimum Gasteiger partial charge on any atom is -0.490 e. The molecule has 0 aliphatic heterocycles. The molecule has 1 aliphatic rings. The highest BCUT2D eigenvalue weighted by molar-refractivity contribution is 6.30. The Morgan fingerprint density at radius 1 is 1.39 bits per heavy atom. The van der Waals surface area contributed by atoms with Crippen molar-refractivity contribution in [3.63, 3.8) is 0 Å². The second-order valence-corrected chi connectivity index (χ2v) is 5.81. The molecule has 1 N–H and O–H groups in total. The topological polar surface area (TPSA) is 29.5 Å². The van der Waals surface area contributed by atoms with Crippen LogP contribution in [0.1, 0.15) is 51.2 Å². The normalized spacial score (nSPS) is 25.8. The summed E-state index contributed by atoms with van der Waals surface area (Å²) in [6, 6.07) is 5.46. The van der Waals surface area contributed by atoms with Gasteiger partial charge >= 0.3 is 0 Å². The van der Waals surface area contributed by atoms with Gasteiger partial charge in [-0.1, -0.05) is 24.9 Å². The molecule has 1 aromatic rings. The lowest BCUT2D eigenvalue weighted by atomic mass is 9.88. The van der Waals surface area contributed by atoms with E-state index in [1.807, 2.05) is 12.1 Å². The zero-order valence-corrected chi connectivity index (χ0v) is 11.8. The van der Waals surface area contributed by atoms with Crippen LogP contribution in [0.5, 0.6) is 5.75 Å². The monoisotopic (exact) mass is 268 g/mol. The second-order valence-electron chi connectivity index (χ2n) is 5.37. The summed E-state index contributed by atoms with van der Waals surface area (Å²) in [7, 11) is 0. The summed E-state index contributed by atoms with van der Waals surface area (Å²) in [6.45, 7) is 4.01. The van der Waals surface area contributed by atoms with E-state index in [1.54, 1.807) is 13.0 Å². The van der Waals surface area contributed by atoms with Crippen LogP contribution < -0.4 is 4.74 Å². The maximum Gasteiger partial charge on any atom is 0.125 e. The Hall–Kier alpha value is -0.730. The van der Waals surface area contributed by atoms with Gasteiger partial charge in [0.15, 0.2) is 0 Å². The minimum absolute atomic E-state index is 0.271. The summed E-state index contributed by atoms with van der Waals surface area (Å²) in [5.41, 5.74) is 0.778. The number of benzene rings is 1. The number of rotatable bonds is 3. The molecule has 0 heterocycles. The van der Waals surface area contributed by atoms with Gasteiger partial charge in [-0.3, -0.25) is 0 Å². The summed E-state index contributed by atoms with van der Waals surface area (Å²) in [4.78, 5) is 0. The van der Waals surface area contributed by atoms with Crippen molar-refractivity contribution < 1.29 is 9.84 Å². The van der Waals surface area contributed by atoms with Gasteiger partial charge in [0, 0.05) is 10.6 Å². The first-order valence-corrected chi connectivity index (χ1v) is 7.08. The Bertz CT molecular complexity index is 403. The van der Waals surface area contributed by atoms with Crippen molar-refractivity contribution in [2.45, 2.75) is 51.7 Å². The molecule has 100 valence electrons. The van der Waals surface area contributed by atoms with Gasteiger partial charge < -0.3 is 9.84 Å². The molecule has 0 aromatic heterocycles. The Labute approximate surface area is 114 Å². The third kappa shape index (κ3) is 3.39. The lowest BCUT2D eigenvalue weighted by Crippen LogP contribution is -2.24. The van der Waals surface area contributed by atoms with Crippen LogP contribution in [0.4, 0.5) is 0 Å². The van der Waals surface area contributed by atoms with Gasteiger partial charge in [0.25, 0.3) is 0 Å². The van der Waals surface area contributed by atoms with E-state index in [4.69, 9.17) is 16.3 Å². The number of hydrogen-bond acceptors (Lipinski definition) is 2. The van der Waals surface area contributed by atoms with E-state index in [9.17, 15) is 5.11 Å². The van der Waals surface area contributed by atoms with Crippen LogP contribution in [-0.4, -0.2) is 11.2 Å². The number of hydrogen-bond donors (Lipinski definition) is 1. The van der Waals surface area contributed by atoms with E-state index in [-0.39, 0.29) is 6.10 Å². The Kier molecular flexibility index (Phi) is 4.52. The molecule has 3 heteroatoms. The molecule has 1 aromatic carbocycles. The molecule has 1 aliphatic carbocycles. The van der Waals surface area contributed by atoms with Gasteiger partial charge in [-0.15, -0.1) is 0 Å². The summed E-state index contributed by atoms with van der Waals surface area (Å²) in [5, 5.41) is 10.4. The third-order valence-corrected chi connectivity index (χ3v) is 3.84. The quantitative estimate of drug-likeness (QED) is 0.883. The highest BCUT2D eigenvalue weighted by Gasteiger charge is 2.21. The van der Waals surface area contributed by atoms with E-state index in [1.165, 1.54) is 12.8 Å². The second kappa shape index (κ2) is 5.94. The fourth-order valence-electron chi connectivity index (χ4n) is 2.62. The molecule has 3 atom stereocenters. The lowest BCUT2D eigenvalue weighted by Gasteiger charge is -2.28. The fraction of sp³-hybridized carbons (Fsp3) is 0.600. The van der Waals surface area contributed by atoms with Crippen LogP contribution in [0.2, 0.25) is 5.02 Å². The lowest BCUT2D eigenvalue weighted by molar-refractivity contribution is 0.121. The van der Waals surface area contributed by atoms with Crippen LogP contribution >= 0.6 is 11.6 Å². The van der Waals surface area contributed by atoms with E-state index >= 15 is 0 Å². The van der Waals surface area contributed by atoms with Crippen molar-refractivity contribution in [1.29, 1.82) is 0 Å². The van der Waals surface area contributed by atoms with Crippen molar-refractivity contribution >= 4 is 11.6 Å². The molecular weight excluding hydrogens is 248 g/mol. The smallest absolute Gasteiger partial charge is 0.125 e. The summed E-state index contributed by atoms with van der Waals surface area (Å²) < 4.78 is 6.05. The predicted octanol–water partition coefficient (Wildman–Crippen LogP) is 4.35. The molecule has 0 amide bonds. The molecule has 0 saturated heterocycles. The first-order chi connectivity index (χ1) is 8.56. The van der Waals surface area contributed by atoms with E-state index in [0.29, 0.717) is 5.02 Å². The Balaban J connectivity index is 2.12. The van der Waals surface area contributed by atoms with Crippen molar-refractivity contribution in [2.24, 2.45) is 5.92 Å². The standard InChI is InChI=1S/C15H21ClO2/c1-10-4-3-5-13(8-10)18-15-7-6-12(16)9-14(15)11(2)17/h6-7,9-11,13,17H,3-5,8H2,1-2H3. The van der Waals surface area contributed by atoms with Crippen LogP contribution in [0.25, 0.3) is 0 Å². The minimum atomic E-state index is -0.556. The average Bonchev–Trinajstić information content (AvgIpc) is 2.31. The fourth-order valence-corrected chi connectivity index (χ4v) is 2.80. The zero-order valence-electron chi connectivity index (χ0n) is 11.0. The maximum atomic E-state index is 9.77. The molecule has 3 unspecified atom stereocenters. The van der Waals surface area contributed by atoms with Crippen LogP contribution in [0.3, 0.4) is 0 Å². The largest absolute Gasteiger partial charge is 0.490 e. The molecule has 2 rings (SSSR count). The SMILES string of the molecule is CC1CCCC(Oc2ccc(Cl)cc2C(C)O)C1. The predicted molar refractivity (Wildman–Crippen MR) is 74.1 cm³/mol. The first-order valence-electron chi connectivity index (χ1n) is 6.70. The highest BCUT2D eigenvalue weighted by atomic mass is 35.5. The molecule has 0 radical (unpaired) electrons. The molecule has 2 nitrogen and oxygen atoms in total. The first kappa shape index (κ1) is 13.7. The number of aliphatic hydroxyl groups excluding tert-OH is 1. The number of ether oxygens (including phenoxy) is 1. The summed E-state index contributed by atoms with van der Waals surface area (Å²) >= 11 is 5.96. The molecule has 1 saturated carbocycles. The van der Waals surface area contributed by atoms with E-state index in [2.05, 4.69) is 6.92 Å². The van der Waals surface area contributed by atoms with Crippen molar-refractivity contribution in [2.75, 3.05) is 0 Å². The summed E-state index contributed by atoms with van der Waals surface area (Å²) in [6.07, 6.45) is 4.44. The summed E-state index contributed by atoms with van der Waals surface area (Å²) in [5.74, 6) is 1.50. The van der Waals surface area contributed by atoms with Gasteiger partial charge in [-0.05, 0) is 50.3 Å². The van der Waals surface area contributed by atoms with E-state index in [0.717, 1.165) is 30.1 Å². The molecule has 1 fully saturated rings. The van der Waals surface area contributed by atoms with Gasteiger partial charge in [0.2, 0.25) is 0 Å². The van der Waals surface area contributed by atoms with Crippen LogP contribution in [-0.2, 0) is 0 Å². The van der Waals surface area contributed by atoms with Crippen molar-refractivity contribution in [1.82, 2.24) is 0 Å². The average molecular weight is 269 g/mol. The molecule has 0 bridgehead atoms. The van der Waals surface area contributed by atoms with E-state index < -0.39 is 6.10 Å². The molecular formula is C15H21ClO2. The van der Waals surface area contributed by atoms with Crippen LogP contribution in [0.15, 0.2) is 18.2 Å². The maximum absolute atomic E-state index is 9.77. The molecule has 0 spiro atoms. The Morgan fingerprint density at radius 3 is 2.83 bits per heavy atom. The third-order valence-electron chi connectivity index (χ3n) is 3.60.